The lowest BCUT2D eigenvalue weighted by atomic mass is 10.1. The summed E-state index contributed by atoms with van der Waals surface area (Å²) in [5, 5.41) is 10.3. The van der Waals surface area contributed by atoms with Gasteiger partial charge in [0, 0.05) is 0 Å². The smallest absolute Gasteiger partial charge is 0.190 e. The lowest BCUT2D eigenvalue weighted by molar-refractivity contribution is -0.232. The number of alkyl halides is 1. The summed E-state index contributed by atoms with van der Waals surface area (Å²) in [6, 6.07) is 0. The van der Waals surface area contributed by atoms with Crippen molar-refractivity contribution in [3.05, 3.63) is 0 Å². The molecule has 6 aliphatic rings. The van der Waals surface area contributed by atoms with Crippen LogP contribution in [-0.2, 0) is 47.4 Å². The first-order valence-corrected chi connectivity index (χ1v) is 12.5. The highest BCUT2D eigenvalue weighted by Crippen LogP contribution is 2.42. The molecule has 0 saturated carbocycles. The molecule has 0 aliphatic carbocycles. The third-order valence-corrected chi connectivity index (χ3v) is 6.85. The van der Waals surface area contributed by atoms with Gasteiger partial charge in [-0.05, 0) is 55.4 Å². The molecule has 6 rings (SSSR count). The van der Waals surface area contributed by atoms with Crippen LogP contribution >= 0.6 is 0 Å². The second-order valence-electron chi connectivity index (χ2n) is 11.8. The molecular weight excluding hydrogens is 483 g/mol. The van der Waals surface area contributed by atoms with Crippen LogP contribution in [0.25, 0.3) is 0 Å². The van der Waals surface area contributed by atoms with Crippen LogP contribution in [0.3, 0.4) is 0 Å². The van der Waals surface area contributed by atoms with Gasteiger partial charge >= 0.3 is 0 Å². The number of ether oxygens (including phenoxy) is 10. The first-order chi connectivity index (χ1) is 16.5. The van der Waals surface area contributed by atoms with Gasteiger partial charge in [-0.2, -0.15) is 0 Å². The summed E-state index contributed by atoms with van der Waals surface area (Å²) in [6.45, 7) is 15.1. The molecule has 1 N–H and O–H groups in total. The number of hydrogen-bond acceptors (Lipinski definition) is 11. The van der Waals surface area contributed by atoms with E-state index >= 15 is 0 Å². The van der Waals surface area contributed by atoms with Crippen LogP contribution in [0.5, 0.6) is 0 Å². The van der Waals surface area contributed by atoms with Gasteiger partial charge in [-0.15, -0.1) is 0 Å². The van der Waals surface area contributed by atoms with Crippen molar-refractivity contribution in [3.8, 4) is 0 Å². The molecule has 0 radical (unpaired) electrons. The maximum atomic E-state index is 14.3. The Balaban J connectivity index is 0.000000148. The third kappa shape index (κ3) is 5.32. The SMILES string of the molecule is CC1(C)O[C@H]2O[C@H]([C@H]3COC(C)(C)O3)[C@@H](O)[C@H]2O1.CC1(C)O[C@H]2O[C@H]([C@H]3COC(C)(C)O3)[C@H](F)[C@H]2O1. The lowest BCUT2D eigenvalue weighted by Crippen LogP contribution is -2.42. The number of hydrogen-bond donors (Lipinski definition) is 1. The fraction of sp³-hybridized carbons (Fsp3) is 1.00. The Bertz CT molecular complexity index is 754. The number of halogens is 1. The van der Waals surface area contributed by atoms with Gasteiger partial charge in [0.15, 0.2) is 41.9 Å². The highest BCUT2D eigenvalue weighted by atomic mass is 19.1. The standard InChI is InChI=1S/C12H19FO5.C12H20O6/c2*1-11(2)14-5-6(16-11)8-7(13)9-10(15-8)18-12(3,4)17-9/h6-10H,5H2,1-4H3;6-10,13H,5H2,1-4H3/t6-,7+,8-,9-,10-;6-,7-,8-,9-,10-/m11/s1. The second kappa shape index (κ2) is 9.02. The van der Waals surface area contributed by atoms with Crippen LogP contribution in [0.1, 0.15) is 55.4 Å². The summed E-state index contributed by atoms with van der Waals surface area (Å²) >= 11 is 0. The fourth-order valence-corrected chi connectivity index (χ4v) is 5.37. The van der Waals surface area contributed by atoms with E-state index in [0.717, 1.165) is 0 Å². The van der Waals surface area contributed by atoms with Gasteiger partial charge in [0.2, 0.25) is 0 Å². The summed E-state index contributed by atoms with van der Waals surface area (Å²) in [6.07, 6.45) is -6.25. The topological polar surface area (TPSA) is 113 Å². The van der Waals surface area contributed by atoms with Crippen molar-refractivity contribution in [2.24, 2.45) is 0 Å². The van der Waals surface area contributed by atoms with Crippen molar-refractivity contribution in [2.75, 3.05) is 13.2 Å². The van der Waals surface area contributed by atoms with Gasteiger partial charge in [0.05, 0.1) is 13.2 Å². The van der Waals surface area contributed by atoms with Crippen LogP contribution < -0.4 is 0 Å². The summed E-state index contributed by atoms with van der Waals surface area (Å²) in [5.74, 6) is -2.83. The maximum Gasteiger partial charge on any atom is 0.190 e. The van der Waals surface area contributed by atoms with E-state index in [1.807, 2.05) is 13.8 Å². The fourth-order valence-electron chi connectivity index (χ4n) is 5.37. The molecule has 0 bridgehead atoms. The summed E-state index contributed by atoms with van der Waals surface area (Å²) in [4.78, 5) is 0. The highest BCUT2D eigenvalue weighted by Gasteiger charge is 2.59. The van der Waals surface area contributed by atoms with E-state index in [-0.39, 0.29) is 6.10 Å². The van der Waals surface area contributed by atoms with Crippen LogP contribution in [-0.4, -0.2) is 103 Å². The molecule has 6 fully saturated rings. The van der Waals surface area contributed by atoms with Crippen molar-refractivity contribution < 1.29 is 56.9 Å². The van der Waals surface area contributed by atoms with Crippen LogP contribution in [0.15, 0.2) is 0 Å². The molecule has 6 saturated heterocycles. The Morgan fingerprint density at radius 2 is 1.00 bits per heavy atom. The molecule has 6 heterocycles. The number of fused-ring (bicyclic) bond motifs is 2. The minimum Gasteiger partial charge on any atom is -0.387 e. The first kappa shape index (κ1) is 27.1. The van der Waals surface area contributed by atoms with Gasteiger partial charge in [-0.25, -0.2) is 4.39 Å². The van der Waals surface area contributed by atoms with Gasteiger partial charge in [-0.1, -0.05) is 0 Å². The monoisotopic (exact) mass is 522 g/mol. The molecule has 36 heavy (non-hydrogen) atoms. The van der Waals surface area contributed by atoms with Crippen molar-refractivity contribution >= 4 is 0 Å². The summed E-state index contributed by atoms with van der Waals surface area (Å²) < 4.78 is 70.1. The molecule has 0 aromatic heterocycles. The average Bonchev–Trinajstić information content (AvgIpc) is 3.53. The van der Waals surface area contributed by atoms with Crippen molar-refractivity contribution in [3.63, 3.8) is 0 Å². The molecule has 0 amide bonds. The number of aliphatic hydroxyl groups excluding tert-OH is 1. The molecule has 10 atom stereocenters. The zero-order valence-corrected chi connectivity index (χ0v) is 22.1. The van der Waals surface area contributed by atoms with Crippen LogP contribution in [0.4, 0.5) is 4.39 Å². The first-order valence-electron chi connectivity index (χ1n) is 12.5. The molecule has 0 aromatic carbocycles. The molecule has 0 spiro atoms. The normalized spacial score (nSPS) is 49.5. The van der Waals surface area contributed by atoms with E-state index < -0.39 is 78.5 Å². The molecule has 0 aromatic rings. The van der Waals surface area contributed by atoms with Gasteiger partial charge in [0.1, 0.15) is 42.7 Å². The predicted molar refractivity (Wildman–Crippen MR) is 118 cm³/mol. The Kier molecular flexibility index (Phi) is 6.78. The zero-order chi connectivity index (χ0) is 26.3. The van der Waals surface area contributed by atoms with Crippen molar-refractivity contribution in [1.29, 1.82) is 0 Å². The Labute approximate surface area is 210 Å². The van der Waals surface area contributed by atoms with E-state index in [1.165, 1.54) is 0 Å². The Morgan fingerprint density at radius 3 is 1.44 bits per heavy atom. The third-order valence-electron chi connectivity index (χ3n) is 6.85. The summed E-state index contributed by atoms with van der Waals surface area (Å²) in [5.41, 5.74) is 0. The minimum absolute atomic E-state index is 0.295. The lowest BCUT2D eigenvalue weighted by Gasteiger charge is -2.26. The van der Waals surface area contributed by atoms with Crippen molar-refractivity contribution in [1.82, 2.24) is 0 Å². The Hall–Kier alpha value is -0.510. The maximum absolute atomic E-state index is 14.3. The Morgan fingerprint density at radius 1 is 0.556 bits per heavy atom. The average molecular weight is 523 g/mol. The quantitative estimate of drug-likeness (QED) is 0.572. The van der Waals surface area contributed by atoms with Crippen LogP contribution in [0.2, 0.25) is 0 Å². The molecule has 12 heteroatoms. The van der Waals surface area contributed by atoms with Crippen molar-refractivity contribution in [2.45, 2.75) is 140 Å². The van der Waals surface area contributed by atoms with E-state index in [2.05, 4.69) is 0 Å². The van der Waals surface area contributed by atoms with E-state index in [0.29, 0.717) is 13.2 Å². The van der Waals surface area contributed by atoms with E-state index in [9.17, 15) is 9.50 Å². The molecular formula is C24H39FO11. The molecule has 6 aliphatic heterocycles. The predicted octanol–water partition coefficient (Wildman–Crippen LogP) is 1.73. The van der Waals surface area contributed by atoms with Gasteiger partial charge in [-0.3, -0.25) is 0 Å². The molecule has 208 valence electrons. The highest BCUT2D eigenvalue weighted by molar-refractivity contribution is 4.99. The van der Waals surface area contributed by atoms with Gasteiger partial charge < -0.3 is 52.5 Å². The van der Waals surface area contributed by atoms with Gasteiger partial charge in [0.25, 0.3) is 0 Å². The summed E-state index contributed by atoms with van der Waals surface area (Å²) in [7, 11) is 0. The zero-order valence-electron chi connectivity index (χ0n) is 22.1. The van der Waals surface area contributed by atoms with E-state index in [1.54, 1.807) is 41.5 Å². The largest absolute Gasteiger partial charge is 0.387 e. The number of rotatable bonds is 2. The number of aliphatic hydroxyl groups is 1. The minimum atomic E-state index is -1.26. The van der Waals surface area contributed by atoms with Crippen LogP contribution in [0, 0.1) is 0 Å². The molecule has 0 unspecified atom stereocenters. The van der Waals surface area contributed by atoms with E-state index in [4.69, 9.17) is 47.4 Å². The molecule has 11 nitrogen and oxygen atoms in total. The second-order valence-corrected chi connectivity index (χ2v) is 11.8.